The van der Waals surface area contributed by atoms with Crippen LogP contribution in [0.4, 0.5) is 5.69 Å². The first-order valence-electron chi connectivity index (χ1n) is 9.03. The maximum Gasteiger partial charge on any atom is 0.243 e. The Balaban J connectivity index is 1.50. The first-order valence-corrected chi connectivity index (χ1v) is 9.03. The van der Waals surface area contributed by atoms with Gasteiger partial charge in [-0.15, -0.1) is 0 Å². The molecule has 2 aliphatic carbocycles. The Labute approximate surface area is 144 Å². The summed E-state index contributed by atoms with van der Waals surface area (Å²) in [7, 11) is 1.73. The lowest BCUT2D eigenvalue weighted by Crippen LogP contribution is -2.36. The predicted octanol–water partition coefficient (Wildman–Crippen LogP) is 3.53. The van der Waals surface area contributed by atoms with Crippen LogP contribution in [0.25, 0.3) is 0 Å². The average molecular weight is 328 g/mol. The Bertz CT molecular complexity index is 641. The molecular formula is C20H28N2O2. The van der Waals surface area contributed by atoms with Crippen LogP contribution in [0.2, 0.25) is 0 Å². The number of rotatable bonds is 5. The van der Waals surface area contributed by atoms with E-state index < -0.39 is 0 Å². The van der Waals surface area contributed by atoms with Gasteiger partial charge in [0.2, 0.25) is 11.8 Å². The number of hydrogen-bond acceptors (Lipinski definition) is 2. The average Bonchev–Trinajstić information content (AvgIpc) is 3.13. The van der Waals surface area contributed by atoms with Gasteiger partial charge in [-0.05, 0) is 68.1 Å². The molecule has 0 unspecified atom stereocenters. The highest BCUT2D eigenvalue weighted by molar-refractivity contribution is 5.95. The number of benzene rings is 1. The van der Waals surface area contributed by atoms with E-state index in [0.29, 0.717) is 12.3 Å². The summed E-state index contributed by atoms with van der Waals surface area (Å²) in [6.45, 7) is 4.09. The number of amides is 2. The molecule has 1 N–H and O–H groups in total. The number of carbonyl (C=O) groups is 2. The van der Waals surface area contributed by atoms with E-state index >= 15 is 0 Å². The van der Waals surface area contributed by atoms with Gasteiger partial charge >= 0.3 is 0 Å². The van der Waals surface area contributed by atoms with Crippen LogP contribution < -0.4 is 5.32 Å². The standard InChI is InChI=1S/C20H28N2O2/c1-13-4-5-14(2)18(8-13)21-19(23)12-22(3)20(24)11-17-10-15-6-7-16(17)9-15/h4-5,8,15-17H,6-7,9-12H2,1-3H3,(H,21,23)/t15-,16-,17-/m1/s1. The summed E-state index contributed by atoms with van der Waals surface area (Å²) in [5, 5.41) is 2.92. The number of likely N-dealkylation sites (N-methyl/N-ethyl adjacent to an activating group) is 1. The predicted molar refractivity (Wildman–Crippen MR) is 95.7 cm³/mol. The molecule has 0 saturated heterocycles. The molecule has 3 atom stereocenters. The van der Waals surface area contributed by atoms with Crippen molar-refractivity contribution in [3.8, 4) is 0 Å². The number of carbonyl (C=O) groups excluding carboxylic acids is 2. The highest BCUT2D eigenvalue weighted by atomic mass is 16.2. The van der Waals surface area contributed by atoms with Crippen LogP contribution >= 0.6 is 0 Å². The molecule has 2 aliphatic rings. The molecule has 2 bridgehead atoms. The van der Waals surface area contributed by atoms with E-state index in [9.17, 15) is 9.59 Å². The fraction of sp³-hybridized carbons (Fsp3) is 0.600. The van der Waals surface area contributed by atoms with Crippen molar-refractivity contribution in [2.45, 2.75) is 46.0 Å². The fourth-order valence-electron chi connectivity index (χ4n) is 4.37. The lowest BCUT2D eigenvalue weighted by atomic mass is 9.86. The molecule has 1 aromatic carbocycles. The first-order chi connectivity index (χ1) is 11.4. The maximum atomic E-state index is 12.4. The molecule has 2 saturated carbocycles. The summed E-state index contributed by atoms with van der Waals surface area (Å²) in [5.74, 6) is 2.11. The molecule has 1 aromatic rings. The molecule has 4 heteroatoms. The smallest absolute Gasteiger partial charge is 0.243 e. The monoisotopic (exact) mass is 328 g/mol. The summed E-state index contributed by atoms with van der Waals surface area (Å²) < 4.78 is 0. The number of aryl methyl sites for hydroxylation is 2. The number of hydrogen-bond donors (Lipinski definition) is 1. The highest BCUT2D eigenvalue weighted by Crippen LogP contribution is 2.49. The third-order valence-electron chi connectivity index (χ3n) is 5.80. The summed E-state index contributed by atoms with van der Waals surface area (Å²) in [5.41, 5.74) is 2.97. The van der Waals surface area contributed by atoms with Crippen LogP contribution in [0.1, 0.15) is 43.2 Å². The van der Waals surface area contributed by atoms with Gasteiger partial charge in [0.25, 0.3) is 0 Å². The van der Waals surface area contributed by atoms with Gasteiger partial charge in [0.05, 0.1) is 6.54 Å². The highest BCUT2D eigenvalue weighted by Gasteiger charge is 2.40. The summed E-state index contributed by atoms with van der Waals surface area (Å²) in [6, 6.07) is 5.98. The van der Waals surface area contributed by atoms with Crippen LogP contribution in [0.5, 0.6) is 0 Å². The van der Waals surface area contributed by atoms with Gasteiger partial charge in [-0.2, -0.15) is 0 Å². The zero-order valence-electron chi connectivity index (χ0n) is 15.0. The van der Waals surface area contributed by atoms with Crippen molar-refractivity contribution in [3.05, 3.63) is 29.3 Å². The third-order valence-corrected chi connectivity index (χ3v) is 5.80. The topological polar surface area (TPSA) is 49.4 Å². The van der Waals surface area contributed by atoms with Crippen molar-refractivity contribution >= 4 is 17.5 Å². The minimum absolute atomic E-state index is 0.101. The second kappa shape index (κ2) is 6.96. The molecule has 24 heavy (non-hydrogen) atoms. The van der Waals surface area contributed by atoms with Crippen molar-refractivity contribution in [2.75, 3.05) is 18.9 Å². The third kappa shape index (κ3) is 3.80. The van der Waals surface area contributed by atoms with Gasteiger partial charge in [-0.3, -0.25) is 9.59 Å². The summed E-state index contributed by atoms with van der Waals surface area (Å²) in [4.78, 5) is 26.3. The van der Waals surface area contributed by atoms with E-state index in [1.165, 1.54) is 25.7 Å². The molecule has 3 rings (SSSR count). The first kappa shape index (κ1) is 17.0. The summed E-state index contributed by atoms with van der Waals surface area (Å²) >= 11 is 0. The molecule has 2 amide bonds. The lowest BCUT2D eigenvalue weighted by Gasteiger charge is -2.24. The second-order valence-electron chi connectivity index (χ2n) is 7.76. The summed E-state index contributed by atoms with van der Waals surface area (Å²) in [6.07, 6.45) is 5.77. The Hall–Kier alpha value is -1.84. The largest absolute Gasteiger partial charge is 0.336 e. The Morgan fingerprint density at radius 2 is 2.00 bits per heavy atom. The van der Waals surface area contributed by atoms with E-state index in [0.717, 1.165) is 28.7 Å². The van der Waals surface area contributed by atoms with Gasteiger partial charge in [-0.1, -0.05) is 18.6 Å². The Morgan fingerprint density at radius 1 is 1.21 bits per heavy atom. The minimum Gasteiger partial charge on any atom is -0.336 e. The van der Waals surface area contributed by atoms with Crippen LogP contribution in [0, 0.1) is 31.6 Å². The van der Waals surface area contributed by atoms with Crippen molar-refractivity contribution < 1.29 is 9.59 Å². The molecule has 0 spiro atoms. The van der Waals surface area contributed by atoms with Gasteiger partial charge in [-0.25, -0.2) is 0 Å². The molecule has 0 aliphatic heterocycles. The minimum atomic E-state index is -0.132. The van der Waals surface area contributed by atoms with E-state index in [-0.39, 0.29) is 18.4 Å². The maximum absolute atomic E-state index is 12.4. The van der Waals surface area contributed by atoms with E-state index in [1.54, 1.807) is 11.9 Å². The lowest BCUT2D eigenvalue weighted by molar-refractivity contribution is -0.134. The van der Waals surface area contributed by atoms with Crippen LogP contribution in [0.15, 0.2) is 18.2 Å². The van der Waals surface area contributed by atoms with Gasteiger partial charge in [0, 0.05) is 19.2 Å². The molecule has 4 nitrogen and oxygen atoms in total. The van der Waals surface area contributed by atoms with Crippen molar-refractivity contribution in [1.29, 1.82) is 0 Å². The van der Waals surface area contributed by atoms with Crippen molar-refractivity contribution in [2.24, 2.45) is 17.8 Å². The quantitative estimate of drug-likeness (QED) is 0.899. The SMILES string of the molecule is Cc1ccc(C)c(NC(=O)CN(C)C(=O)C[C@H]2C[C@@H]3CC[C@@H]2C3)c1. The van der Waals surface area contributed by atoms with Crippen molar-refractivity contribution in [1.82, 2.24) is 4.90 Å². The second-order valence-corrected chi connectivity index (χ2v) is 7.76. The van der Waals surface area contributed by atoms with Gasteiger partial charge in [0.15, 0.2) is 0 Å². The molecule has 2 fully saturated rings. The fourth-order valence-corrected chi connectivity index (χ4v) is 4.37. The van der Waals surface area contributed by atoms with Crippen molar-refractivity contribution in [3.63, 3.8) is 0 Å². The number of nitrogens with one attached hydrogen (secondary N) is 1. The Morgan fingerprint density at radius 3 is 2.67 bits per heavy atom. The molecule has 0 aromatic heterocycles. The number of nitrogens with zero attached hydrogens (tertiary/aromatic N) is 1. The zero-order chi connectivity index (χ0) is 17.3. The Kier molecular flexibility index (Phi) is 4.93. The molecular weight excluding hydrogens is 300 g/mol. The zero-order valence-corrected chi connectivity index (χ0v) is 15.0. The number of fused-ring (bicyclic) bond motifs is 2. The van der Waals surface area contributed by atoms with Crippen LogP contribution in [-0.4, -0.2) is 30.3 Å². The normalized spacial score (nSPS) is 24.9. The van der Waals surface area contributed by atoms with E-state index in [2.05, 4.69) is 5.32 Å². The molecule has 130 valence electrons. The molecule has 0 heterocycles. The van der Waals surface area contributed by atoms with E-state index in [1.807, 2.05) is 32.0 Å². The van der Waals surface area contributed by atoms with Gasteiger partial charge < -0.3 is 10.2 Å². The van der Waals surface area contributed by atoms with Crippen LogP contribution in [0.3, 0.4) is 0 Å². The van der Waals surface area contributed by atoms with Crippen LogP contribution in [-0.2, 0) is 9.59 Å². The molecule has 0 radical (unpaired) electrons. The van der Waals surface area contributed by atoms with Gasteiger partial charge in [0.1, 0.15) is 0 Å². The number of anilines is 1. The van der Waals surface area contributed by atoms with E-state index in [4.69, 9.17) is 0 Å².